The van der Waals surface area contributed by atoms with Crippen molar-refractivity contribution in [2.75, 3.05) is 21.3 Å². The summed E-state index contributed by atoms with van der Waals surface area (Å²) in [5, 5.41) is 0. The van der Waals surface area contributed by atoms with Crippen LogP contribution in [0.4, 0.5) is 0 Å². The van der Waals surface area contributed by atoms with E-state index in [0.717, 1.165) is 22.6 Å². The summed E-state index contributed by atoms with van der Waals surface area (Å²) in [6.07, 6.45) is 1.01. The quantitative estimate of drug-likeness (QED) is 0.787. The lowest BCUT2D eigenvalue weighted by Crippen LogP contribution is -2.26. The molecule has 0 heterocycles. The summed E-state index contributed by atoms with van der Waals surface area (Å²) in [6.45, 7) is 0.614. The Kier molecular flexibility index (Phi) is 6.03. The maximum Gasteiger partial charge on any atom is 0.222 e. The van der Waals surface area contributed by atoms with Gasteiger partial charge in [0.2, 0.25) is 5.91 Å². The van der Waals surface area contributed by atoms with Gasteiger partial charge in [0, 0.05) is 25.6 Å². The molecule has 0 atom stereocenters. The minimum atomic E-state index is 0.0989. The van der Waals surface area contributed by atoms with Crippen molar-refractivity contribution in [1.29, 1.82) is 0 Å². The summed E-state index contributed by atoms with van der Waals surface area (Å²) < 4.78 is 10.7. The van der Waals surface area contributed by atoms with E-state index < -0.39 is 0 Å². The Morgan fingerprint density at radius 3 is 2.13 bits per heavy atom. The fourth-order valence-electron chi connectivity index (χ4n) is 2.54. The van der Waals surface area contributed by atoms with Crippen molar-refractivity contribution in [3.8, 4) is 11.5 Å². The van der Waals surface area contributed by atoms with Gasteiger partial charge in [-0.05, 0) is 24.1 Å². The van der Waals surface area contributed by atoms with Crippen molar-refractivity contribution in [1.82, 2.24) is 4.90 Å². The first-order chi connectivity index (χ1) is 11.2. The van der Waals surface area contributed by atoms with Gasteiger partial charge in [-0.2, -0.15) is 0 Å². The van der Waals surface area contributed by atoms with Gasteiger partial charge in [0.15, 0.2) is 0 Å². The van der Waals surface area contributed by atoms with E-state index >= 15 is 0 Å². The predicted octanol–water partition coefficient (Wildman–Crippen LogP) is 3.30. The molecule has 2 rings (SSSR count). The standard InChI is InChI=1S/C19H23NO3/c1-20(14-15-8-5-4-6-9-15)19(21)13-12-16-17(22-2)10-7-11-18(16)23-3/h4-11H,12-14H2,1-3H3. The van der Waals surface area contributed by atoms with Gasteiger partial charge in [0.25, 0.3) is 0 Å². The third kappa shape index (κ3) is 4.49. The number of ether oxygens (including phenoxy) is 2. The zero-order valence-corrected chi connectivity index (χ0v) is 13.9. The van der Waals surface area contributed by atoms with E-state index in [1.807, 2.05) is 55.6 Å². The molecule has 0 aliphatic rings. The van der Waals surface area contributed by atoms with Crippen molar-refractivity contribution >= 4 is 5.91 Å². The first kappa shape index (κ1) is 16.9. The number of methoxy groups -OCH3 is 2. The minimum Gasteiger partial charge on any atom is -0.496 e. The predicted molar refractivity (Wildman–Crippen MR) is 90.8 cm³/mol. The van der Waals surface area contributed by atoms with Crippen molar-refractivity contribution in [3.63, 3.8) is 0 Å². The summed E-state index contributed by atoms with van der Waals surface area (Å²) >= 11 is 0. The molecule has 0 N–H and O–H groups in total. The van der Waals surface area contributed by atoms with Crippen LogP contribution in [-0.2, 0) is 17.8 Å². The number of carbonyl (C=O) groups is 1. The maximum atomic E-state index is 12.4. The smallest absolute Gasteiger partial charge is 0.222 e. The summed E-state index contributed by atoms with van der Waals surface area (Å²) in [4.78, 5) is 14.1. The third-order valence-electron chi connectivity index (χ3n) is 3.81. The third-order valence-corrected chi connectivity index (χ3v) is 3.81. The van der Waals surface area contributed by atoms with E-state index in [1.54, 1.807) is 19.1 Å². The molecule has 4 nitrogen and oxygen atoms in total. The minimum absolute atomic E-state index is 0.0989. The molecular weight excluding hydrogens is 290 g/mol. The van der Waals surface area contributed by atoms with Gasteiger partial charge in [-0.15, -0.1) is 0 Å². The molecule has 0 fully saturated rings. The van der Waals surface area contributed by atoms with E-state index in [9.17, 15) is 4.79 Å². The van der Waals surface area contributed by atoms with E-state index in [0.29, 0.717) is 19.4 Å². The molecule has 2 aromatic rings. The second kappa shape index (κ2) is 8.22. The fourth-order valence-corrected chi connectivity index (χ4v) is 2.54. The number of nitrogens with zero attached hydrogens (tertiary/aromatic N) is 1. The Hall–Kier alpha value is -2.49. The summed E-state index contributed by atoms with van der Waals surface area (Å²) in [6, 6.07) is 15.6. The van der Waals surface area contributed by atoms with E-state index in [-0.39, 0.29) is 5.91 Å². The lowest BCUT2D eigenvalue weighted by Gasteiger charge is -2.18. The number of hydrogen-bond acceptors (Lipinski definition) is 3. The number of benzene rings is 2. The highest BCUT2D eigenvalue weighted by Gasteiger charge is 2.14. The molecule has 0 aliphatic heterocycles. The summed E-state index contributed by atoms with van der Waals surface area (Å²) in [7, 11) is 5.08. The SMILES string of the molecule is COc1cccc(OC)c1CCC(=O)N(C)Cc1ccccc1. The zero-order valence-electron chi connectivity index (χ0n) is 13.9. The zero-order chi connectivity index (χ0) is 16.7. The Bertz CT molecular complexity index is 618. The monoisotopic (exact) mass is 313 g/mol. The van der Waals surface area contributed by atoms with E-state index in [2.05, 4.69) is 0 Å². The van der Waals surface area contributed by atoms with Gasteiger partial charge in [0.1, 0.15) is 11.5 Å². The molecule has 0 aromatic heterocycles. The number of rotatable bonds is 7. The Morgan fingerprint density at radius 2 is 1.57 bits per heavy atom. The van der Waals surface area contributed by atoms with Crippen molar-refractivity contribution in [2.24, 2.45) is 0 Å². The highest BCUT2D eigenvalue weighted by molar-refractivity contribution is 5.76. The van der Waals surface area contributed by atoms with E-state index in [4.69, 9.17) is 9.47 Å². The average molecular weight is 313 g/mol. The largest absolute Gasteiger partial charge is 0.496 e. The normalized spacial score (nSPS) is 10.2. The second-order valence-corrected chi connectivity index (χ2v) is 5.38. The molecule has 4 heteroatoms. The van der Waals surface area contributed by atoms with Gasteiger partial charge < -0.3 is 14.4 Å². The van der Waals surface area contributed by atoms with Gasteiger partial charge in [-0.3, -0.25) is 4.79 Å². The second-order valence-electron chi connectivity index (χ2n) is 5.38. The first-order valence-corrected chi connectivity index (χ1v) is 7.63. The van der Waals surface area contributed by atoms with Crippen LogP contribution in [0, 0.1) is 0 Å². The highest BCUT2D eigenvalue weighted by atomic mass is 16.5. The Morgan fingerprint density at radius 1 is 0.957 bits per heavy atom. The van der Waals surface area contributed by atoms with Gasteiger partial charge >= 0.3 is 0 Å². The molecule has 0 bridgehead atoms. The number of amides is 1. The Labute approximate surface area is 137 Å². The van der Waals surface area contributed by atoms with Gasteiger partial charge in [-0.25, -0.2) is 0 Å². The molecule has 1 amide bonds. The van der Waals surface area contributed by atoms with Crippen LogP contribution in [0.3, 0.4) is 0 Å². The van der Waals surface area contributed by atoms with Crippen molar-refractivity contribution in [3.05, 3.63) is 59.7 Å². The van der Waals surface area contributed by atoms with Crippen LogP contribution in [-0.4, -0.2) is 32.1 Å². The lowest BCUT2D eigenvalue weighted by atomic mass is 10.1. The molecule has 23 heavy (non-hydrogen) atoms. The summed E-state index contributed by atoms with van der Waals surface area (Å²) in [5.41, 5.74) is 2.05. The van der Waals surface area contributed by atoms with Crippen LogP contribution in [0.2, 0.25) is 0 Å². The first-order valence-electron chi connectivity index (χ1n) is 7.63. The molecule has 0 unspecified atom stereocenters. The maximum absolute atomic E-state index is 12.4. The number of carbonyl (C=O) groups excluding carboxylic acids is 1. The number of hydrogen-bond donors (Lipinski definition) is 0. The van der Waals surface area contributed by atoms with E-state index in [1.165, 1.54) is 0 Å². The molecule has 122 valence electrons. The van der Waals surface area contributed by atoms with Crippen LogP contribution in [0.5, 0.6) is 11.5 Å². The van der Waals surface area contributed by atoms with Crippen LogP contribution in [0.15, 0.2) is 48.5 Å². The van der Waals surface area contributed by atoms with Crippen LogP contribution in [0.25, 0.3) is 0 Å². The van der Waals surface area contributed by atoms with Gasteiger partial charge in [-0.1, -0.05) is 36.4 Å². The Balaban J connectivity index is 1.99. The van der Waals surface area contributed by atoms with Crippen LogP contribution < -0.4 is 9.47 Å². The van der Waals surface area contributed by atoms with Crippen molar-refractivity contribution < 1.29 is 14.3 Å². The highest BCUT2D eigenvalue weighted by Crippen LogP contribution is 2.29. The topological polar surface area (TPSA) is 38.8 Å². The van der Waals surface area contributed by atoms with Crippen LogP contribution >= 0.6 is 0 Å². The fraction of sp³-hybridized carbons (Fsp3) is 0.316. The summed E-state index contributed by atoms with van der Waals surface area (Å²) in [5.74, 6) is 1.60. The molecule has 0 saturated heterocycles. The molecule has 0 radical (unpaired) electrons. The van der Waals surface area contributed by atoms with Crippen LogP contribution in [0.1, 0.15) is 17.5 Å². The lowest BCUT2D eigenvalue weighted by molar-refractivity contribution is -0.130. The average Bonchev–Trinajstić information content (AvgIpc) is 2.59. The molecular formula is C19H23NO3. The molecule has 0 aliphatic carbocycles. The molecule has 2 aromatic carbocycles. The van der Waals surface area contributed by atoms with Gasteiger partial charge in [0.05, 0.1) is 14.2 Å². The van der Waals surface area contributed by atoms with Crippen molar-refractivity contribution in [2.45, 2.75) is 19.4 Å². The molecule has 0 spiro atoms. The molecule has 0 saturated carbocycles.